The van der Waals surface area contributed by atoms with Gasteiger partial charge in [0, 0.05) is 11.4 Å². The number of hydrogen-bond acceptors (Lipinski definition) is 2. The van der Waals surface area contributed by atoms with Gasteiger partial charge in [0.25, 0.3) is 0 Å². The van der Waals surface area contributed by atoms with Crippen LogP contribution in [0.5, 0.6) is 0 Å². The van der Waals surface area contributed by atoms with Crippen molar-refractivity contribution in [2.45, 2.75) is 19.6 Å². The van der Waals surface area contributed by atoms with Crippen molar-refractivity contribution in [2.24, 2.45) is 0 Å². The van der Waals surface area contributed by atoms with Crippen LogP contribution in [-0.2, 0) is 0 Å². The first kappa shape index (κ1) is 65.9. The molecule has 4 aromatic heterocycles. The molecule has 6 nitrogen and oxygen atoms in total. The van der Waals surface area contributed by atoms with Gasteiger partial charge in [0.05, 0.1) is 44.1 Å². The molecule has 0 aliphatic heterocycles. The minimum atomic E-state index is -2.64. The highest BCUT2D eigenvalue weighted by atomic mass is 32.3. The lowest BCUT2D eigenvalue weighted by Gasteiger charge is -2.52. The molecule has 0 saturated heterocycles. The van der Waals surface area contributed by atoms with E-state index in [1.54, 1.807) is 0 Å². The molecule has 91 heavy (non-hydrogen) atoms. The SMILES string of the molecule is Bc1c(B)c(B)c(S(c2c(B)c(B)c(B)c(B)c2B)(c2c(B)c(B)c(B)c(-n3c4c(B)c(B)c(B)c(B)c4n4c5c(B)c(B)c(B)c(B)c5nc34)c2B)c2c(B)c(B)c(B)c(-n3c4c(B)c(B)c(B)c(B)c4n4c5c(B)c(B)c(B)c(B)c5nc34)c2B)c(B)c1B. The molecule has 0 aliphatic carbocycles. The van der Waals surface area contributed by atoms with Gasteiger partial charge in [-0.25, -0.2) is 9.97 Å². The average molecular weight is 1150 g/mol. The Bertz CT molecular complexity index is 5100. The minimum Gasteiger partial charge on any atom is -0.280 e. The second kappa shape index (κ2) is 22.0. The molecule has 0 N–H and O–H groups in total. The van der Waals surface area contributed by atoms with Crippen LogP contribution < -0.4 is 186 Å². The van der Waals surface area contributed by atoms with Crippen molar-refractivity contribution in [2.75, 3.05) is 0 Å². The zero-order valence-electron chi connectivity index (χ0n) is 62.1. The number of hydrogen-bond donors (Lipinski definition) is 0. The average Bonchev–Trinajstić information content (AvgIpc) is 1.59. The van der Waals surface area contributed by atoms with E-state index in [1.165, 1.54) is 250 Å². The Morgan fingerprint density at radius 2 is 0.363 bits per heavy atom. The Labute approximate surface area is 572 Å². The van der Waals surface area contributed by atoms with Gasteiger partial charge in [0.15, 0.2) is 0 Å². The predicted molar refractivity (Wildman–Crippen MR) is 511 cm³/mol. The summed E-state index contributed by atoms with van der Waals surface area (Å²) >= 11 is 0. The van der Waals surface area contributed by atoms with Crippen LogP contribution >= 0.6 is 10.0 Å². The van der Waals surface area contributed by atoms with Crippen LogP contribution in [0.25, 0.3) is 67.1 Å². The molecule has 406 valence electrons. The van der Waals surface area contributed by atoms with Crippen molar-refractivity contribution in [3.63, 3.8) is 0 Å². The molecular weight excluding hydrogens is 1080 g/mol. The van der Waals surface area contributed by atoms with Crippen LogP contribution in [0, 0.1) is 0 Å². The zero-order valence-corrected chi connectivity index (χ0v) is 62.9. The number of aromatic nitrogens is 6. The van der Waals surface area contributed by atoms with Gasteiger partial charge in [-0.05, 0) is 19.6 Å². The summed E-state index contributed by atoms with van der Waals surface area (Å²) in [5, 5.41) is 0. The van der Waals surface area contributed by atoms with E-state index in [9.17, 15) is 0 Å². The molecule has 0 saturated carbocycles. The second-order valence-electron chi connectivity index (χ2n) is 28.8. The third-order valence-electron chi connectivity index (χ3n) is 25.6. The van der Waals surface area contributed by atoms with Crippen LogP contribution in [-0.4, -0.2) is 295 Å². The minimum absolute atomic E-state index is 0.977. The molecule has 0 fully saturated rings. The van der Waals surface area contributed by atoms with E-state index in [4.69, 9.17) is 9.97 Å². The summed E-state index contributed by atoms with van der Waals surface area (Å²) in [5.74, 6) is 1.95. The van der Waals surface area contributed by atoms with E-state index in [-0.39, 0.29) is 0 Å². The molecule has 4 heterocycles. The zero-order chi connectivity index (χ0) is 67.1. The van der Waals surface area contributed by atoms with E-state index < -0.39 is 10.0 Å². The van der Waals surface area contributed by atoms with Gasteiger partial charge < -0.3 is 0 Å². The van der Waals surface area contributed by atoms with Crippen molar-refractivity contribution in [3.05, 3.63) is 0 Å². The highest BCUT2D eigenvalue weighted by Gasteiger charge is 2.45. The summed E-state index contributed by atoms with van der Waals surface area (Å²) in [5.41, 5.74) is 57.4. The summed E-state index contributed by atoms with van der Waals surface area (Å²) < 4.78 is 10.5. The lowest BCUT2D eigenvalue weighted by atomic mass is 9.62. The fourth-order valence-electron chi connectivity index (χ4n) is 17.5. The van der Waals surface area contributed by atoms with Gasteiger partial charge in [-0.3, -0.25) is 17.9 Å². The summed E-state index contributed by atoms with van der Waals surface area (Å²) in [6, 6.07) is 0. The molecule has 12 aromatic rings. The molecule has 12 rings (SSSR count). The maximum absolute atomic E-state index is 5.98. The molecule has 41 heteroatoms. The molecule has 0 radical (unpaired) electrons. The van der Waals surface area contributed by atoms with Crippen molar-refractivity contribution >= 4 is 518 Å². The molecule has 0 unspecified atom stereocenters. The van der Waals surface area contributed by atoms with Gasteiger partial charge in [-0.2, -0.15) is 0 Å². The van der Waals surface area contributed by atoms with E-state index in [0.717, 1.165) is 22.6 Å². The van der Waals surface area contributed by atoms with E-state index in [0.29, 0.717) is 0 Å². The maximum atomic E-state index is 5.98. The Kier molecular flexibility index (Phi) is 15.9. The highest BCUT2D eigenvalue weighted by Crippen LogP contribution is 2.69. The van der Waals surface area contributed by atoms with E-state index in [1.807, 2.05) is 0 Å². The van der Waals surface area contributed by atoms with Gasteiger partial charge >= 0.3 is 0 Å². The van der Waals surface area contributed by atoms with Gasteiger partial charge in [-0.15, -0.1) is 42.8 Å². The quantitative estimate of drug-likeness (QED) is 0.156. The topological polar surface area (TPSA) is 44.5 Å². The number of imidazole rings is 4. The van der Waals surface area contributed by atoms with Crippen LogP contribution in [0.4, 0.5) is 0 Å². The summed E-state index contributed by atoms with van der Waals surface area (Å²) in [7, 11) is 78.7. The van der Waals surface area contributed by atoms with Crippen LogP contribution in [0.15, 0.2) is 19.6 Å². The monoisotopic (exact) mass is 1160 g/mol. The highest BCUT2D eigenvalue weighted by molar-refractivity contribution is 8.35. The summed E-state index contributed by atoms with van der Waals surface area (Å²) in [6.45, 7) is 0. The normalized spacial score (nSPS) is 12.3. The largest absolute Gasteiger partial charge is 0.280 e. The Hall–Kier alpha value is -5.14. The number of rotatable bonds is 6. The lowest BCUT2D eigenvalue weighted by Crippen LogP contribution is -2.61. The van der Waals surface area contributed by atoms with Crippen LogP contribution in [0.1, 0.15) is 0 Å². The van der Waals surface area contributed by atoms with Crippen LogP contribution in [0.3, 0.4) is 0 Å². The van der Waals surface area contributed by atoms with E-state index >= 15 is 0 Å². The fraction of sp³-hybridized carbons (Fsp3) is 0. The van der Waals surface area contributed by atoms with Gasteiger partial charge in [0.1, 0.15) is 267 Å². The van der Waals surface area contributed by atoms with Crippen molar-refractivity contribution in [3.8, 4) is 11.4 Å². The van der Waals surface area contributed by atoms with Crippen molar-refractivity contribution in [1.82, 2.24) is 27.9 Å². The first-order valence-corrected chi connectivity index (χ1v) is 35.0. The number of fused-ring (bicyclic) bond motifs is 10. The Morgan fingerprint density at radius 3 is 0.626 bits per heavy atom. The number of benzene rings is 8. The van der Waals surface area contributed by atoms with E-state index in [2.05, 4.69) is 285 Å². The molecule has 0 spiro atoms. The molecule has 0 bridgehead atoms. The second-order valence-corrected chi connectivity index (χ2v) is 31.7. The molecule has 8 aromatic carbocycles. The molecule has 0 aliphatic rings. The van der Waals surface area contributed by atoms with Gasteiger partial charge in [-0.1, -0.05) is 153 Å². The van der Waals surface area contributed by atoms with Crippen molar-refractivity contribution < 1.29 is 0 Å². The Morgan fingerprint density at radius 1 is 0.176 bits per heavy atom. The maximum Gasteiger partial charge on any atom is 0.220 e. The van der Waals surface area contributed by atoms with Gasteiger partial charge in [0.2, 0.25) is 11.6 Å². The predicted octanol–water partition coefficient (Wildman–Crippen LogP) is -46.7. The number of nitrogens with zero attached hydrogens (tertiary/aromatic N) is 6. The third kappa shape index (κ3) is 8.18. The smallest absolute Gasteiger partial charge is 0.220 e. The fourth-order valence-corrected chi connectivity index (χ4v) is 23.5. The first-order chi connectivity index (χ1) is 42.4. The van der Waals surface area contributed by atoms with Crippen molar-refractivity contribution in [1.29, 1.82) is 0 Å². The Balaban J connectivity index is 1.43. The summed E-state index contributed by atoms with van der Waals surface area (Å²) in [4.78, 5) is 17.8. The first-order valence-electron chi connectivity index (χ1n) is 33.4. The molecular formula is C50H68B34N6S. The summed E-state index contributed by atoms with van der Waals surface area (Å²) in [6.07, 6.45) is 0. The van der Waals surface area contributed by atoms with Crippen LogP contribution in [0.2, 0.25) is 0 Å². The third-order valence-corrected chi connectivity index (χ3v) is 30.5. The standard InChI is InChI=1S/C50H68B34N6S/c51-1-11(61)27(77)45(28(78)12(1)62)91(46-29(79)13(63)2(52)14(64)30(46)80,47-31(81)15(65)19(69)37(33(47)83)87-41-23(73)7(57)9(59)25(75)43(41)89-39-21(71)5(55)3(53)17(67)35(39)85-49(87)89)48-32(82)16(66)20(70)38(34(48)84)88-42-24(74)8(58)10(60)26(76)44(42)90-40-22(72)6(56)4(54)18(68)36(40)86-50(88)90/h51-84H2. The molecule has 0 amide bonds. The molecule has 0 atom stereocenters. The lowest BCUT2D eigenvalue weighted by molar-refractivity contribution is 1.12.